The zero-order valence-corrected chi connectivity index (χ0v) is 15.6. The summed E-state index contributed by atoms with van der Waals surface area (Å²) in [7, 11) is -3.97. The molecule has 28 heavy (non-hydrogen) atoms. The molecule has 0 bridgehead atoms. The largest absolute Gasteiger partial charge is 0.507 e. The summed E-state index contributed by atoms with van der Waals surface area (Å²) in [5.41, 5.74) is 0.295. The molecule has 2 N–H and O–H groups in total. The van der Waals surface area contributed by atoms with E-state index in [1.807, 2.05) is 0 Å². The Hall–Kier alpha value is -3.30. The van der Waals surface area contributed by atoms with Crippen molar-refractivity contribution in [1.29, 1.82) is 0 Å². The molecule has 142 valence electrons. The molecule has 8 nitrogen and oxygen atoms in total. The zero-order valence-electron chi connectivity index (χ0n) is 14.0. The molecule has 0 radical (unpaired) electrons. The molecule has 2 aromatic carbocycles. The number of aromatic nitrogens is 2. The fourth-order valence-corrected chi connectivity index (χ4v) is 3.78. The number of furan rings is 1. The highest BCUT2D eigenvalue weighted by Crippen LogP contribution is 2.33. The number of rotatable bonds is 5. The highest BCUT2D eigenvalue weighted by molar-refractivity contribution is 7.92. The Labute approximate surface area is 164 Å². The average Bonchev–Trinajstić information content (AvgIpc) is 3.35. The van der Waals surface area contributed by atoms with Crippen molar-refractivity contribution in [1.82, 2.24) is 10.1 Å². The van der Waals surface area contributed by atoms with E-state index in [0.29, 0.717) is 5.76 Å². The molecule has 0 fully saturated rings. The number of halogens is 1. The van der Waals surface area contributed by atoms with Gasteiger partial charge in [0.05, 0.1) is 27.4 Å². The van der Waals surface area contributed by atoms with Crippen LogP contribution in [0.25, 0.3) is 23.0 Å². The van der Waals surface area contributed by atoms with Crippen LogP contribution in [0.15, 0.2) is 74.7 Å². The van der Waals surface area contributed by atoms with E-state index < -0.39 is 10.0 Å². The van der Waals surface area contributed by atoms with Crippen molar-refractivity contribution in [3.8, 4) is 28.8 Å². The predicted molar refractivity (Wildman–Crippen MR) is 101 cm³/mol. The first-order valence-corrected chi connectivity index (χ1v) is 9.78. The predicted octanol–water partition coefficient (Wildman–Crippen LogP) is 4.16. The monoisotopic (exact) mass is 417 g/mol. The summed E-state index contributed by atoms with van der Waals surface area (Å²) in [5.74, 6) is 0.269. The Balaban J connectivity index is 1.70. The van der Waals surface area contributed by atoms with Crippen molar-refractivity contribution in [2.24, 2.45) is 0 Å². The molecule has 4 rings (SSSR count). The van der Waals surface area contributed by atoms with Crippen LogP contribution in [0, 0.1) is 0 Å². The van der Waals surface area contributed by atoms with Gasteiger partial charge < -0.3 is 14.0 Å². The Morgan fingerprint density at radius 2 is 1.89 bits per heavy atom. The lowest BCUT2D eigenvalue weighted by Gasteiger charge is -2.10. The molecule has 0 aliphatic heterocycles. The molecule has 4 aromatic rings. The molecular formula is C18H12ClN3O5S. The van der Waals surface area contributed by atoms with Crippen molar-refractivity contribution in [2.45, 2.75) is 4.90 Å². The molecule has 2 aromatic heterocycles. The van der Waals surface area contributed by atoms with E-state index in [1.165, 1.54) is 30.5 Å². The van der Waals surface area contributed by atoms with Crippen molar-refractivity contribution in [3.63, 3.8) is 0 Å². The van der Waals surface area contributed by atoms with Crippen LogP contribution in [0.1, 0.15) is 0 Å². The van der Waals surface area contributed by atoms with Crippen LogP contribution in [0.3, 0.4) is 0 Å². The summed E-state index contributed by atoms with van der Waals surface area (Å²) in [5, 5.41) is 14.2. The molecule has 2 heterocycles. The van der Waals surface area contributed by atoms with E-state index in [2.05, 4.69) is 14.9 Å². The fourth-order valence-electron chi connectivity index (χ4n) is 2.44. The fraction of sp³-hybridized carbons (Fsp3) is 0. The number of anilines is 1. The van der Waals surface area contributed by atoms with Gasteiger partial charge in [-0.1, -0.05) is 28.9 Å². The Bertz CT molecular complexity index is 1240. The summed E-state index contributed by atoms with van der Waals surface area (Å²) < 4.78 is 38.2. The number of nitrogens with one attached hydrogen (secondary N) is 1. The third kappa shape index (κ3) is 3.45. The standard InChI is InChI=1S/C18H12ClN3O5S/c19-13-4-1-2-5-14(13)22-28(24,25)11-7-8-15(23)12(10-11)18-20-17(21-27-18)16-6-3-9-26-16/h1-10,22-23H. The number of benzene rings is 2. The van der Waals surface area contributed by atoms with Gasteiger partial charge in [0, 0.05) is 0 Å². The van der Waals surface area contributed by atoms with E-state index >= 15 is 0 Å². The highest BCUT2D eigenvalue weighted by atomic mass is 35.5. The number of hydrogen-bond acceptors (Lipinski definition) is 7. The van der Waals surface area contributed by atoms with Gasteiger partial charge in [-0.2, -0.15) is 4.98 Å². The first kappa shape index (κ1) is 18.1. The minimum atomic E-state index is -3.97. The number of para-hydroxylation sites is 1. The topological polar surface area (TPSA) is 118 Å². The molecule has 0 saturated carbocycles. The Kier molecular flexibility index (Phi) is 4.54. The van der Waals surface area contributed by atoms with Crippen LogP contribution in [-0.4, -0.2) is 23.7 Å². The maximum atomic E-state index is 12.7. The van der Waals surface area contributed by atoms with Crippen molar-refractivity contribution in [3.05, 3.63) is 65.9 Å². The Morgan fingerprint density at radius 1 is 1.07 bits per heavy atom. The minimum Gasteiger partial charge on any atom is -0.507 e. The molecule has 0 atom stereocenters. The number of phenols is 1. The van der Waals surface area contributed by atoms with Crippen LogP contribution in [0.2, 0.25) is 5.02 Å². The quantitative estimate of drug-likeness (QED) is 0.500. The van der Waals surface area contributed by atoms with Crippen LogP contribution >= 0.6 is 11.6 Å². The number of sulfonamides is 1. The van der Waals surface area contributed by atoms with Crippen molar-refractivity contribution < 1.29 is 22.5 Å². The van der Waals surface area contributed by atoms with Crippen LogP contribution in [0.5, 0.6) is 5.75 Å². The smallest absolute Gasteiger partial charge is 0.262 e. The van der Waals surface area contributed by atoms with Gasteiger partial charge >= 0.3 is 0 Å². The third-order valence-corrected chi connectivity index (χ3v) is 5.49. The summed E-state index contributed by atoms with van der Waals surface area (Å²) in [4.78, 5) is 4.02. The van der Waals surface area contributed by atoms with Gasteiger partial charge in [0.15, 0.2) is 5.76 Å². The summed E-state index contributed by atoms with van der Waals surface area (Å²) in [6.07, 6.45) is 1.45. The van der Waals surface area contributed by atoms with E-state index in [0.717, 1.165) is 0 Å². The lowest BCUT2D eigenvalue weighted by atomic mass is 10.2. The zero-order chi connectivity index (χ0) is 19.7. The highest BCUT2D eigenvalue weighted by Gasteiger charge is 2.21. The van der Waals surface area contributed by atoms with Gasteiger partial charge in [-0.05, 0) is 42.5 Å². The number of hydrogen-bond donors (Lipinski definition) is 2. The molecule has 0 unspecified atom stereocenters. The first-order chi connectivity index (χ1) is 13.4. The van der Waals surface area contributed by atoms with Crippen molar-refractivity contribution in [2.75, 3.05) is 4.72 Å². The SMILES string of the molecule is O=S(=O)(Nc1ccccc1Cl)c1ccc(O)c(-c2nc(-c3ccco3)no2)c1. The maximum Gasteiger partial charge on any atom is 0.262 e. The molecular weight excluding hydrogens is 406 g/mol. The average molecular weight is 418 g/mol. The van der Waals surface area contributed by atoms with E-state index in [9.17, 15) is 13.5 Å². The molecule has 0 aliphatic carbocycles. The Morgan fingerprint density at radius 3 is 2.64 bits per heavy atom. The van der Waals surface area contributed by atoms with Crippen LogP contribution in [0.4, 0.5) is 5.69 Å². The number of nitrogens with zero attached hydrogens (tertiary/aromatic N) is 2. The lowest BCUT2D eigenvalue weighted by Crippen LogP contribution is -2.13. The first-order valence-electron chi connectivity index (χ1n) is 7.92. The lowest BCUT2D eigenvalue weighted by molar-refractivity contribution is 0.423. The number of phenolic OH excluding ortho intramolecular Hbond substituents is 1. The molecule has 0 spiro atoms. The van der Waals surface area contributed by atoms with Gasteiger partial charge in [-0.3, -0.25) is 4.72 Å². The summed E-state index contributed by atoms with van der Waals surface area (Å²) in [6.45, 7) is 0. The third-order valence-electron chi connectivity index (χ3n) is 3.79. The van der Waals surface area contributed by atoms with Gasteiger partial charge in [0.2, 0.25) is 5.82 Å². The van der Waals surface area contributed by atoms with E-state index in [4.69, 9.17) is 20.5 Å². The molecule has 0 aliphatic rings. The molecule has 10 heteroatoms. The second-order valence-electron chi connectivity index (χ2n) is 5.66. The van der Waals surface area contributed by atoms with Crippen LogP contribution in [-0.2, 0) is 10.0 Å². The summed E-state index contributed by atoms with van der Waals surface area (Å²) >= 11 is 6.01. The van der Waals surface area contributed by atoms with E-state index in [-0.39, 0.29) is 38.6 Å². The number of aromatic hydroxyl groups is 1. The van der Waals surface area contributed by atoms with Gasteiger partial charge in [0.1, 0.15) is 5.75 Å². The second kappa shape index (κ2) is 7.02. The van der Waals surface area contributed by atoms with E-state index in [1.54, 1.807) is 30.3 Å². The molecule has 0 saturated heterocycles. The maximum absolute atomic E-state index is 12.7. The normalized spacial score (nSPS) is 11.5. The van der Waals surface area contributed by atoms with Gasteiger partial charge in [-0.15, -0.1) is 0 Å². The van der Waals surface area contributed by atoms with Gasteiger partial charge in [-0.25, -0.2) is 8.42 Å². The van der Waals surface area contributed by atoms with Crippen LogP contribution < -0.4 is 4.72 Å². The summed E-state index contributed by atoms with van der Waals surface area (Å²) in [6, 6.07) is 13.5. The second-order valence-corrected chi connectivity index (χ2v) is 7.75. The van der Waals surface area contributed by atoms with Gasteiger partial charge in [0.25, 0.3) is 15.9 Å². The molecule has 0 amide bonds. The van der Waals surface area contributed by atoms with Crippen molar-refractivity contribution >= 4 is 27.3 Å². The minimum absolute atomic E-state index is 0.0568.